The Morgan fingerprint density at radius 2 is 2.20 bits per heavy atom. The molecule has 0 saturated carbocycles. The van der Waals surface area contributed by atoms with Crippen molar-refractivity contribution in [3.05, 3.63) is 0 Å². The van der Waals surface area contributed by atoms with Crippen LogP contribution in [0, 0.1) is 0 Å². The van der Waals surface area contributed by atoms with Crippen LogP contribution in [-0.4, -0.2) is 56.0 Å². The number of likely N-dealkylation sites (tertiary alicyclic amines) is 1. The largest absolute Gasteiger partial charge is 0.347 e. The second-order valence-corrected chi connectivity index (χ2v) is 3.77. The second-order valence-electron chi connectivity index (χ2n) is 3.77. The normalized spacial score (nSPS) is 21.3. The van der Waals surface area contributed by atoms with Crippen LogP contribution in [0.2, 0.25) is 0 Å². The number of nitrogens with two attached hydrogens (primary N) is 1. The van der Waals surface area contributed by atoms with Crippen LogP contribution in [0.3, 0.4) is 0 Å². The van der Waals surface area contributed by atoms with Gasteiger partial charge in [0.2, 0.25) is 0 Å². The summed E-state index contributed by atoms with van der Waals surface area (Å²) in [7, 11) is 1.99. The van der Waals surface area contributed by atoms with Crippen LogP contribution in [-0.2, 0) is 9.59 Å². The number of hydrogen-bond acceptors (Lipinski definition) is 4. The van der Waals surface area contributed by atoms with E-state index in [0.29, 0.717) is 13.1 Å². The number of nitrogens with one attached hydrogen (secondary N) is 2. The fourth-order valence-corrected chi connectivity index (χ4v) is 1.57. The van der Waals surface area contributed by atoms with Gasteiger partial charge in [0.05, 0.1) is 0 Å². The van der Waals surface area contributed by atoms with E-state index in [2.05, 4.69) is 15.5 Å². The van der Waals surface area contributed by atoms with E-state index >= 15 is 0 Å². The molecule has 0 aromatic heterocycles. The topological polar surface area (TPSA) is 87.5 Å². The summed E-state index contributed by atoms with van der Waals surface area (Å²) in [5.74, 6) is -1.17. The van der Waals surface area contributed by atoms with Gasteiger partial charge >= 0.3 is 11.8 Å². The Kier molecular flexibility index (Phi) is 4.51. The first-order valence-electron chi connectivity index (χ1n) is 5.10. The SMILES string of the molecule is CN1CCC(NC(=O)C(=O)NCCN)C1. The molecule has 1 atom stereocenters. The average Bonchev–Trinajstić information content (AvgIpc) is 2.60. The molecule has 0 aromatic carbocycles. The maximum atomic E-state index is 11.3. The van der Waals surface area contributed by atoms with Crippen molar-refractivity contribution in [2.24, 2.45) is 5.73 Å². The molecule has 1 saturated heterocycles. The lowest BCUT2D eigenvalue weighted by Crippen LogP contribution is -2.46. The number of carbonyl (C=O) groups excluding carboxylic acids is 2. The molecule has 86 valence electrons. The van der Waals surface area contributed by atoms with Crippen LogP contribution in [0.5, 0.6) is 0 Å². The minimum atomic E-state index is -0.602. The minimum Gasteiger partial charge on any atom is -0.347 e. The molecule has 0 aliphatic carbocycles. The zero-order valence-corrected chi connectivity index (χ0v) is 8.95. The molecule has 4 N–H and O–H groups in total. The summed E-state index contributed by atoms with van der Waals surface area (Å²) < 4.78 is 0. The zero-order chi connectivity index (χ0) is 11.3. The molecule has 6 nitrogen and oxygen atoms in total. The number of rotatable bonds is 3. The molecular formula is C9H18N4O2. The van der Waals surface area contributed by atoms with E-state index < -0.39 is 11.8 Å². The highest BCUT2D eigenvalue weighted by molar-refractivity contribution is 6.35. The van der Waals surface area contributed by atoms with Crippen molar-refractivity contribution in [3.63, 3.8) is 0 Å². The van der Waals surface area contributed by atoms with Gasteiger partial charge < -0.3 is 21.3 Å². The standard InChI is InChI=1S/C9H18N4O2/c1-13-5-2-7(6-13)12-9(15)8(14)11-4-3-10/h7H,2-6,10H2,1H3,(H,11,14)(H,12,15). The lowest BCUT2D eigenvalue weighted by molar-refractivity contribution is -0.139. The highest BCUT2D eigenvalue weighted by Gasteiger charge is 2.23. The summed E-state index contributed by atoms with van der Waals surface area (Å²) in [4.78, 5) is 24.6. The number of carbonyl (C=O) groups is 2. The van der Waals surface area contributed by atoms with E-state index in [1.165, 1.54) is 0 Å². The Bertz CT molecular complexity index is 244. The molecule has 1 heterocycles. The lowest BCUT2D eigenvalue weighted by Gasteiger charge is -2.12. The number of nitrogens with zero attached hydrogens (tertiary/aromatic N) is 1. The summed E-state index contributed by atoms with van der Waals surface area (Å²) in [6.07, 6.45) is 0.895. The number of likely N-dealkylation sites (N-methyl/N-ethyl adjacent to an activating group) is 1. The third-order valence-corrected chi connectivity index (χ3v) is 2.36. The monoisotopic (exact) mass is 214 g/mol. The van der Waals surface area contributed by atoms with E-state index in [1.807, 2.05) is 7.05 Å². The zero-order valence-electron chi connectivity index (χ0n) is 8.95. The predicted octanol–water partition coefficient (Wildman–Crippen LogP) is -2.12. The summed E-state index contributed by atoms with van der Waals surface area (Å²) in [5, 5.41) is 5.11. The molecule has 2 amide bonds. The van der Waals surface area contributed by atoms with Crippen molar-refractivity contribution in [2.75, 3.05) is 33.2 Å². The number of amides is 2. The third-order valence-electron chi connectivity index (χ3n) is 2.36. The van der Waals surface area contributed by atoms with Gasteiger partial charge in [0.25, 0.3) is 0 Å². The summed E-state index contributed by atoms with van der Waals surface area (Å²) in [6, 6.07) is 0.0890. The van der Waals surface area contributed by atoms with Crippen molar-refractivity contribution in [1.82, 2.24) is 15.5 Å². The maximum absolute atomic E-state index is 11.3. The first-order valence-corrected chi connectivity index (χ1v) is 5.10. The Balaban J connectivity index is 2.26. The summed E-state index contributed by atoms with van der Waals surface area (Å²) in [5.41, 5.74) is 5.21. The predicted molar refractivity (Wildman–Crippen MR) is 56.1 cm³/mol. The van der Waals surface area contributed by atoms with E-state index in [4.69, 9.17) is 5.73 Å². The molecule has 15 heavy (non-hydrogen) atoms. The molecule has 6 heteroatoms. The highest BCUT2D eigenvalue weighted by atomic mass is 16.2. The molecule has 1 fully saturated rings. The Morgan fingerprint density at radius 1 is 1.47 bits per heavy atom. The van der Waals surface area contributed by atoms with E-state index in [-0.39, 0.29) is 6.04 Å². The molecule has 0 bridgehead atoms. The van der Waals surface area contributed by atoms with Crippen molar-refractivity contribution in [2.45, 2.75) is 12.5 Å². The van der Waals surface area contributed by atoms with Gasteiger partial charge in [-0.1, -0.05) is 0 Å². The average molecular weight is 214 g/mol. The fourth-order valence-electron chi connectivity index (χ4n) is 1.57. The van der Waals surface area contributed by atoms with E-state index in [1.54, 1.807) is 0 Å². The van der Waals surface area contributed by atoms with Crippen molar-refractivity contribution < 1.29 is 9.59 Å². The van der Waals surface area contributed by atoms with E-state index in [9.17, 15) is 9.59 Å². The molecule has 1 aliphatic heterocycles. The van der Waals surface area contributed by atoms with Crippen LogP contribution < -0.4 is 16.4 Å². The van der Waals surface area contributed by atoms with Crippen LogP contribution >= 0.6 is 0 Å². The molecule has 1 aliphatic rings. The van der Waals surface area contributed by atoms with Gasteiger partial charge in [-0.25, -0.2) is 0 Å². The molecular weight excluding hydrogens is 196 g/mol. The lowest BCUT2D eigenvalue weighted by atomic mass is 10.2. The van der Waals surface area contributed by atoms with Gasteiger partial charge in [0.1, 0.15) is 0 Å². The van der Waals surface area contributed by atoms with Gasteiger partial charge in [-0.05, 0) is 20.0 Å². The van der Waals surface area contributed by atoms with Crippen LogP contribution in [0.25, 0.3) is 0 Å². The molecule has 0 aromatic rings. The smallest absolute Gasteiger partial charge is 0.309 e. The minimum absolute atomic E-state index is 0.0890. The first kappa shape index (κ1) is 11.9. The third kappa shape index (κ3) is 3.85. The first-order chi connectivity index (χ1) is 7.13. The molecule has 1 unspecified atom stereocenters. The Morgan fingerprint density at radius 3 is 2.73 bits per heavy atom. The van der Waals surface area contributed by atoms with Crippen molar-refractivity contribution in [1.29, 1.82) is 0 Å². The maximum Gasteiger partial charge on any atom is 0.309 e. The Labute approximate surface area is 89.2 Å². The summed E-state index contributed by atoms with van der Waals surface area (Å²) in [6.45, 7) is 2.42. The summed E-state index contributed by atoms with van der Waals surface area (Å²) >= 11 is 0. The quantitative estimate of drug-likeness (QED) is 0.469. The van der Waals surface area contributed by atoms with Gasteiger partial charge in [-0.3, -0.25) is 9.59 Å². The fraction of sp³-hybridized carbons (Fsp3) is 0.778. The van der Waals surface area contributed by atoms with Gasteiger partial charge in [0, 0.05) is 25.7 Å². The van der Waals surface area contributed by atoms with Crippen LogP contribution in [0.15, 0.2) is 0 Å². The highest BCUT2D eigenvalue weighted by Crippen LogP contribution is 2.05. The molecule has 1 rings (SSSR count). The van der Waals surface area contributed by atoms with E-state index in [0.717, 1.165) is 19.5 Å². The van der Waals surface area contributed by atoms with Gasteiger partial charge in [-0.15, -0.1) is 0 Å². The second kappa shape index (κ2) is 5.67. The molecule has 0 spiro atoms. The van der Waals surface area contributed by atoms with Gasteiger partial charge in [0.15, 0.2) is 0 Å². The Hall–Kier alpha value is -1.14. The molecule has 0 radical (unpaired) electrons. The van der Waals surface area contributed by atoms with Crippen LogP contribution in [0.1, 0.15) is 6.42 Å². The van der Waals surface area contributed by atoms with Crippen molar-refractivity contribution >= 4 is 11.8 Å². The van der Waals surface area contributed by atoms with Crippen molar-refractivity contribution in [3.8, 4) is 0 Å². The number of hydrogen-bond donors (Lipinski definition) is 3. The van der Waals surface area contributed by atoms with Gasteiger partial charge in [-0.2, -0.15) is 0 Å². The van der Waals surface area contributed by atoms with Crippen LogP contribution in [0.4, 0.5) is 0 Å².